The first-order valence-electron chi connectivity index (χ1n) is 7.76. The third-order valence-electron chi connectivity index (χ3n) is 3.90. The minimum atomic E-state index is -0.489. The average molecular weight is 368 g/mol. The number of ketones is 1. The van der Waals surface area contributed by atoms with Crippen LogP contribution >= 0.6 is 11.8 Å². The van der Waals surface area contributed by atoms with Crippen LogP contribution in [-0.4, -0.2) is 38.8 Å². The van der Waals surface area contributed by atoms with E-state index >= 15 is 0 Å². The van der Waals surface area contributed by atoms with Crippen molar-refractivity contribution < 1.29 is 13.9 Å². The number of hydrogen-bond donors (Lipinski definition) is 1. The summed E-state index contributed by atoms with van der Waals surface area (Å²) in [5.74, 6) is -0.377. The summed E-state index contributed by atoms with van der Waals surface area (Å²) in [5, 5.41) is 9.60. The summed E-state index contributed by atoms with van der Waals surface area (Å²) in [5.41, 5.74) is 2.41. The van der Waals surface area contributed by atoms with Crippen LogP contribution in [0.3, 0.4) is 0 Å². The number of aromatic nitrogens is 4. The molecule has 2 aromatic carbocycles. The fourth-order valence-corrected chi connectivity index (χ4v) is 3.34. The average Bonchev–Trinajstić information content (AvgIpc) is 3.03. The molecule has 0 amide bonds. The Morgan fingerprint density at radius 3 is 2.92 bits per heavy atom. The van der Waals surface area contributed by atoms with E-state index in [0.29, 0.717) is 22.1 Å². The number of para-hydroxylation sites is 1. The lowest BCUT2D eigenvalue weighted by Gasteiger charge is -2.07. The molecular weight excluding hydrogens is 355 g/mol. The van der Waals surface area contributed by atoms with Crippen molar-refractivity contribution >= 4 is 39.6 Å². The molecule has 0 saturated heterocycles. The smallest absolute Gasteiger partial charge is 0.211 e. The topological polar surface area (TPSA) is 80.8 Å². The number of aromatic amines is 1. The van der Waals surface area contributed by atoms with Gasteiger partial charge >= 0.3 is 0 Å². The van der Waals surface area contributed by atoms with Gasteiger partial charge in [0.25, 0.3) is 0 Å². The Kier molecular flexibility index (Phi) is 4.26. The van der Waals surface area contributed by atoms with E-state index in [2.05, 4.69) is 20.2 Å². The molecule has 26 heavy (non-hydrogen) atoms. The summed E-state index contributed by atoms with van der Waals surface area (Å²) in [4.78, 5) is 20.0. The van der Waals surface area contributed by atoms with Crippen LogP contribution in [0.15, 0.2) is 47.6 Å². The van der Waals surface area contributed by atoms with Crippen LogP contribution in [0.2, 0.25) is 0 Å². The molecule has 0 aliphatic heterocycles. The van der Waals surface area contributed by atoms with Crippen molar-refractivity contribution in [3.8, 4) is 5.75 Å². The Hall–Kier alpha value is -3.00. The highest BCUT2D eigenvalue weighted by molar-refractivity contribution is 7.99. The van der Waals surface area contributed by atoms with E-state index in [4.69, 9.17) is 4.74 Å². The molecule has 0 atom stereocenters. The second-order valence-corrected chi connectivity index (χ2v) is 6.46. The van der Waals surface area contributed by atoms with Crippen LogP contribution in [0.4, 0.5) is 4.39 Å². The number of ether oxygens (including phenoxy) is 1. The van der Waals surface area contributed by atoms with Gasteiger partial charge in [0, 0.05) is 10.9 Å². The van der Waals surface area contributed by atoms with Crippen LogP contribution < -0.4 is 4.74 Å². The Bertz CT molecular complexity index is 1130. The standard InChI is InChI=1S/C18H13FN4O2S/c1-25-15-7-6-10(19)8-12(15)14(24)9-26-18-21-17-16(22-23-18)11-4-2-3-5-13(11)20-17/h2-8H,9H2,1H3,(H,20,21,23). The van der Waals surface area contributed by atoms with Crippen LogP contribution in [0, 0.1) is 5.82 Å². The van der Waals surface area contributed by atoms with Crippen molar-refractivity contribution in [1.82, 2.24) is 20.2 Å². The highest BCUT2D eigenvalue weighted by atomic mass is 32.2. The minimum Gasteiger partial charge on any atom is -0.496 e. The molecule has 0 aliphatic rings. The second-order valence-electron chi connectivity index (χ2n) is 5.52. The lowest BCUT2D eigenvalue weighted by molar-refractivity contribution is 0.101. The predicted molar refractivity (Wildman–Crippen MR) is 97.2 cm³/mol. The van der Waals surface area contributed by atoms with Crippen molar-refractivity contribution in [1.29, 1.82) is 0 Å². The molecule has 0 bridgehead atoms. The summed E-state index contributed by atoms with van der Waals surface area (Å²) in [6.45, 7) is 0. The largest absolute Gasteiger partial charge is 0.496 e. The number of thioether (sulfide) groups is 1. The van der Waals surface area contributed by atoms with Crippen molar-refractivity contribution in [2.24, 2.45) is 0 Å². The van der Waals surface area contributed by atoms with Gasteiger partial charge in [-0.05, 0) is 24.3 Å². The van der Waals surface area contributed by atoms with E-state index < -0.39 is 5.82 Å². The number of methoxy groups -OCH3 is 1. The fourth-order valence-electron chi connectivity index (χ4n) is 2.67. The number of H-pyrrole nitrogens is 1. The molecule has 0 spiro atoms. The number of carbonyl (C=O) groups excluding carboxylic acids is 1. The normalized spacial score (nSPS) is 11.2. The zero-order valence-corrected chi connectivity index (χ0v) is 14.5. The fraction of sp³-hybridized carbons (Fsp3) is 0.111. The maximum atomic E-state index is 13.4. The number of carbonyl (C=O) groups is 1. The van der Waals surface area contributed by atoms with E-state index in [1.165, 1.54) is 25.3 Å². The van der Waals surface area contributed by atoms with Crippen molar-refractivity contribution in [3.63, 3.8) is 0 Å². The monoisotopic (exact) mass is 368 g/mol. The van der Waals surface area contributed by atoms with E-state index in [0.717, 1.165) is 22.7 Å². The summed E-state index contributed by atoms with van der Waals surface area (Å²) in [7, 11) is 1.44. The maximum Gasteiger partial charge on any atom is 0.211 e. The lowest BCUT2D eigenvalue weighted by Crippen LogP contribution is -2.06. The van der Waals surface area contributed by atoms with Gasteiger partial charge < -0.3 is 9.72 Å². The molecule has 6 nitrogen and oxygen atoms in total. The van der Waals surface area contributed by atoms with Gasteiger partial charge in [0.05, 0.1) is 18.4 Å². The molecule has 0 aliphatic carbocycles. The van der Waals surface area contributed by atoms with Crippen LogP contribution in [0.1, 0.15) is 10.4 Å². The zero-order chi connectivity index (χ0) is 18.1. The molecular formula is C18H13FN4O2S. The second kappa shape index (κ2) is 6.72. The quantitative estimate of drug-likeness (QED) is 0.428. The van der Waals surface area contributed by atoms with Gasteiger partial charge in [0.2, 0.25) is 5.16 Å². The number of nitrogens with zero attached hydrogens (tertiary/aromatic N) is 3. The Morgan fingerprint density at radius 2 is 2.08 bits per heavy atom. The number of nitrogens with one attached hydrogen (secondary N) is 1. The lowest BCUT2D eigenvalue weighted by atomic mass is 10.1. The van der Waals surface area contributed by atoms with Gasteiger partial charge in [-0.25, -0.2) is 9.37 Å². The molecule has 0 saturated carbocycles. The van der Waals surface area contributed by atoms with E-state index in [1.807, 2.05) is 24.3 Å². The number of hydrogen-bond acceptors (Lipinski definition) is 6. The number of halogens is 1. The van der Waals surface area contributed by atoms with Crippen LogP contribution in [-0.2, 0) is 0 Å². The Morgan fingerprint density at radius 1 is 1.23 bits per heavy atom. The summed E-state index contributed by atoms with van der Waals surface area (Å²) in [6, 6.07) is 11.6. The summed E-state index contributed by atoms with van der Waals surface area (Å²) in [6.07, 6.45) is 0. The number of Topliss-reactive ketones (excluding diaryl/α,β-unsaturated/α-hetero) is 1. The highest BCUT2D eigenvalue weighted by Crippen LogP contribution is 2.25. The summed E-state index contributed by atoms with van der Waals surface area (Å²) >= 11 is 1.14. The van der Waals surface area contributed by atoms with Crippen LogP contribution in [0.25, 0.3) is 22.1 Å². The van der Waals surface area contributed by atoms with Gasteiger partial charge in [-0.3, -0.25) is 4.79 Å². The molecule has 8 heteroatoms. The highest BCUT2D eigenvalue weighted by Gasteiger charge is 2.15. The van der Waals surface area contributed by atoms with Gasteiger partial charge in [0.15, 0.2) is 11.4 Å². The molecule has 4 aromatic rings. The van der Waals surface area contributed by atoms with Gasteiger partial charge in [-0.15, -0.1) is 10.2 Å². The zero-order valence-electron chi connectivity index (χ0n) is 13.7. The third kappa shape index (κ3) is 2.99. The number of rotatable bonds is 5. The van der Waals surface area contributed by atoms with Crippen LogP contribution in [0.5, 0.6) is 5.75 Å². The van der Waals surface area contributed by atoms with Crippen molar-refractivity contribution in [2.75, 3.05) is 12.9 Å². The Labute approximate surface area is 151 Å². The Balaban J connectivity index is 1.57. The van der Waals surface area contributed by atoms with E-state index in [1.54, 1.807) is 0 Å². The molecule has 0 unspecified atom stereocenters. The molecule has 4 rings (SSSR count). The minimum absolute atomic E-state index is 0.0488. The molecule has 1 N–H and O–H groups in total. The number of fused-ring (bicyclic) bond motifs is 3. The van der Waals surface area contributed by atoms with Crippen molar-refractivity contribution in [3.05, 3.63) is 53.8 Å². The molecule has 2 aromatic heterocycles. The third-order valence-corrected chi connectivity index (χ3v) is 4.73. The first kappa shape index (κ1) is 16.5. The SMILES string of the molecule is COc1ccc(F)cc1C(=O)CSc1nnc2c(n1)[nH]c1ccccc12. The maximum absolute atomic E-state index is 13.4. The molecule has 0 fully saturated rings. The molecule has 130 valence electrons. The van der Waals surface area contributed by atoms with Crippen molar-refractivity contribution in [2.45, 2.75) is 5.16 Å². The first-order valence-corrected chi connectivity index (χ1v) is 8.75. The van der Waals surface area contributed by atoms with Gasteiger partial charge in [0.1, 0.15) is 17.1 Å². The molecule has 2 heterocycles. The van der Waals surface area contributed by atoms with Gasteiger partial charge in [-0.2, -0.15) is 0 Å². The predicted octanol–water partition coefficient (Wildman–Crippen LogP) is 3.63. The van der Waals surface area contributed by atoms with E-state index in [-0.39, 0.29) is 17.1 Å². The first-order chi connectivity index (χ1) is 12.7. The summed E-state index contributed by atoms with van der Waals surface area (Å²) < 4.78 is 18.5. The van der Waals surface area contributed by atoms with Gasteiger partial charge in [-0.1, -0.05) is 30.0 Å². The molecule has 0 radical (unpaired) electrons. The van der Waals surface area contributed by atoms with E-state index in [9.17, 15) is 9.18 Å². The number of benzene rings is 2.